The highest BCUT2D eigenvalue weighted by Crippen LogP contribution is 2.17. The van der Waals surface area contributed by atoms with E-state index in [1.54, 1.807) is 7.05 Å². The van der Waals surface area contributed by atoms with Crippen molar-refractivity contribution in [2.24, 2.45) is 4.99 Å². The number of nitrogens with zero attached hydrogens (tertiary/aromatic N) is 2. The highest BCUT2D eigenvalue weighted by molar-refractivity contribution is 14.0. The molecule has 6 heteroatoms. The number of aliphatic imine (C=N–C) groups is 1. The molecule has 0 heterocycles. The molecular formula is C19H23IN4O. The Balaban J connectivity index is 0.00000312. The topological polar surface area (TPSA) is 69.4 Å². The number of nitrogens with one attached hydrogen (secondary N) is 2. The number of halogens is 1. The van der Waals surface area contributed by atoms with Gasteiger partial charge in [0.1, 0.15) is 5.75 Å². The normalized spacial score (nSPS) is 10.4. The van der Waals surface area contributed by atoms with Crippen LogP contribution in [0.3, 0.4) is 0 Å². The van der Waals surface area contributed by atoms with Crippen LogP contribution in [0.5, 0.6) is 5.75 Å². The van der Waals surface area contributed by atoms with Gasteiger partial charge in [0.15, 0.2) is 5.96 Å². The van der Waals surface area contributed by atoms with Crippen LogP contribution in [0.15, 0.2) is 53.5 Å². The molecule has 0 spiro atoms. The van der Waals surface area contributed by atoms with Gasteiger partial charge in [-0.3, -0.25) is 4.99 Å². The molecule has 0 aliphatic rings. The fourth-order valence-electron chi connectivity index (χ4n) is 2.23. The molecule has 0 bridgehead atoms. The van der Waals surface area contributed by atoms with Crippen molar-refractivity contribution < 1.29 is 4.74 Å². The summed E-state index contributed by atoms with van der Waals surface area (Å²) in [6, 6.07) is 17.6. The van der Waals surface area contributed by atoms with Gasteiger partial charge in [-0.25, -0.2) is 0 Å². The van der Waals surface area contributed by atoms with Crippen molar-refractivity contribution >= 4 is 29.9 Å². The van der Waals surface area contributed by atoms with E-state index >= 15 is 0 Å². The van der Waals surface area contributed by atoms with E-state index in [1.807, 2.05) is 55.5 Å². The molecule has 0 unspecified atom stereocenters. The van der Waals surface area contributed by atoms with Crippen LogP contribution in [0.25, 0.3) is 0 Å². The number of para-hydroxylation sites is 1. The molecule has 2 rings (SSSR count). The Hall–Kier alpha value is -2.27. The summed E-state index contributed by atoms with van der Waals surface area (Å²) in [6.07, 6.45) is 0. The van der Waals surface area contributed by atoms with Crippen LogP contribution in [0.2, 0.25) is 0 Å². The third kappa shape index (κ3) is 6.63. The molecule has 2 aromatic carbocycles. The third-order valence-electron chi connectivity index (χ3n) is 3.49. The average molecular weight is 450 g/mol. The monoisotopic (exact) mass is 450 g/mol. The molecule has 0 fully saturated rings. The molecule has 2 aromatic rings. The molecule has 5 nitrogen and oxygen atoms in total. The number of nitriles is 1. The van der Waals surface area contributed by atoms with E-state index < -0.39 is 0 Å². The fourth-order valence-corrected chi connectivity index (χ4v) is 2.23. The van der Waals surface area contributed by atoms with E-state index in [0.717, 1.165) is 16.9 Å². The Labute approximate surface area is 166 Å². The zero-order valence-electron chi connectivity index (χ0n) is 14.5. The molecule has 0 aliphatic carbocycles. The van der Waals surface area contributed by atoms with Crippen LogP contribution in [-0.4, -0.2) is 19.6 Å². The van der Waals surface area contributed by atoms with Crippen LogP contribution in [-0.2, 0) is 13.1 Å². The maximum absolute atomic E-state index is 8.82. The lowest BCUT2D eigenvalue weighted by Crippen LogP contribution is -2.36. The van der Waals surface area contributed by atoms with Gasteiger partial charge in [-0.1, -0.05) is 30.3 Å². The summed E-state index contributed by atoms with van der Waals surface area (Å²) in [6.45, 7) is 3.88. The van der Waals surface area contributed by atoms with Crippen molar-refractivity contribution in [3.63, 3.8) is 0 Å². The SMILES string of the molecule is CCOc1ccccc1CNC(=NC)NCc1ccc(C#N)cc1.I. The van der Waals surface area contributed by atoms with Crippen LogP contribution < -0.4 is 15.4 Å². The largest absolute Gasteiger partial charge is 0.494 e. The van der Waals surface area contributed by atoms with Crippen molar-refractivity contribution in [2.45, 2.75) is 20.0 Å². The molecule has 0 saturated carbocycles. The fraction of sp³-hybridized carbons (Fsp3) is 0.263. The average Bonchev–Trinajstić information content (AvgIpc) is 2.64. The first-order valence-electron chi connectivity index (χ1n) is 7.91. The Kier molecular flexibility index (Phi) is 9.40. The van der Waals surface area contributed by atoms with Gasteiger partial charge in [0.05, 0.1) is 18.2 Å². The molecule has 132 valence electrons. The van der Waals surface area contributed by atoms with Crippen molar-refractivity contribution in [2.75, 3.05) is 13.7 Å². The first-order valence-corrected chi connectivity index (χ1v) is 7.91. The van der Waals surface area contributed by atoms with Gasteiger partial charge in [-0.2, -0.15) is 5.26 Å². The second kappa shape index (κ2) is 11.3. The maximum Gasteiger partial charge on any atom is 0.191 e. The van der Waals surface area contributed by atoms with E-state index in [2.05, 4.69) is 21.7 Å². The van der Waals surface area contributed by atoms with Gasteiger partial charge < -0.3 is 15.4 Å². The van der Waals surface area contributed by atoms with Crippen molar-refractivity contribution in [1.82, 2.24) is 10.6 Å². The predicted molar refractivity (Wildman–Crippen MR) is 111 cm³/mol. The summed E-state index contributed by atoms with van der Waals surface area (Å²) < 4.78 is 5.63. The number of ether oxygens (including phenoxy) is 1. The number of rotatable bonds is 6. The van der Waals surface area contributed by atoms with Crippen LogP contribution in [0.4, 0.5) is 0 Å². The standard InChI is InChI=1S/C19H22N4O.HI/c1-3-24-18-7-5-4-6-17(18)14-23-19(21-2)22-13-16-10-8-15(12-20)9-11-16;/h4-11H,3,13-14H2,1-2H3,(H2,21,22,23);1H. The summed E-state index contributed by atoms with van der Waals surface area (Å²) in [4.78, 5) is 4.23. The van der Waals surface area contributed by atoms with Gasteiger partial charge in [0.25, 0.3) is 0 Å². The lowest BCUT2D eigenvalue weighted by Gasteiger charge is -2.14. The molecule has 0 amide bonds. The Morgan fingerprint density at radius 3 is 2.40 bits per heavy atom. The number of guanidine groups is 1. The second-order valence-corrected chi connectivity index (χ2v) is 5.13. The van der Waals surface area contributed by atoms with E-state index in [9.17, 15) is 0 Å². The summed E-state index contributed by atoms with van der Waals surface area (Å²) in [5.41, 5.74) is 2.83. The van der Waals surface area contributed by atoms with Gasteiger partial charge >= 0.3 is 0 Å². The highest BCUT2D eigenvalue weighted by atomic mass is 127. The van der Waals surface area contributed by atoms with E-state index in [0.29, 0.717) is 31.2 Å². The Morgan fingerprint density at radius 2 is 1.76 bits per heavy atom. The zero-order valence-corrected chi connectivity index (χ0v) is 16.8. The molecule has 25 heavy (non-hydrogen) atoms. The molecule has 0 atom stereocenters. The van der Waals surface area contributed by atoms with Gasteiger partial charge in [0.2, 0.25) is 0 Å². The second-order valence-electron chi connectivity index (χ2n) is 5.13. The van der Waals surface area contributed by atoms with Crippen LogP contribution in [0, 0.1) is 11.3 Å². The lowest BCUT2D eigenvalue weighted by molar-refractivity contribution is 0.336. The molecule has 0 aromatic heterocycles. The van der Waals surface area contributed by atoms with E-state index in [1.165, 1.54) is 0 Å². The van der Waals surface area contributed by atoms with Gasteiger partial charge in [0, 0.05) is 25.7 Å². The maximum atomic E-state index is 8.82. The summed E-state index contributed by atoms with van der Waals surface area (Å²) >= 11 is 0. The first-order chi connectivity index (χ1) is 11.8. The predicted octanol–water partition coefficient (Wildman–Crippen LogP) is 3.44. The quantitative estimate of drug-likeness (QED) is 0.402. The smallest absolute Gasteiger partial charge is 0.191 e. The molecule has 0 saturated heterocycles. The molecule has 0 radical (unpaired) electrons. The minimum absolute atomic E-state index is 0. The van der Waals surface area contributed by atoms with Crippen molar-refractivity contribution in [1.29, 1.82) is 5.26 Å². The molecular weight excluding hydrogens is 427 g/mol. The number of hydrogen-bond donors (Lipinski definition) is 2. The van der Waals surface area contributed by atoms with Crippen molar-refractivity contribution in [3.05, 3.63) is 65.2 Å². The minimum atomic E-state index is 0. The van der Waals surface area contributed by atoms with Gasteiger partial charge in [-0.05, 0) is 30.7 Å². The van der Waals surface area contributed by atoms with Crippen LogP contribution in [0.1, 0.15) is 23.6 Å². The summed E-state index contributed by atoms with van der Waals surface area (Å²) in [5.74, 6) is 1.60. The van der Waals surface area contributed by atoms with E-state index in [4.69, 9.17) is 10.00 Å². The molecule has 0 aliphatic heterocycles. The first kappa shape index (κ1) is 20.8. The lowest BCUT2D eigenvalue weighted by atomic mass is 10.1. The Bertz CT molecular complexity index is 723. The highest BCUT2D eigenvalue weighted by Gasteiger charge is 2.04. The molecule has 2 N–H and O–H groups in total. The summed E-state index contributed by atoms with van der Waals surface area (Å²) in [7, 11) is 1.74. The summed E-state index contributed by atoms with van der Waals surface area (Å²) in [5, 5.41) is 15.4. The minimum Gasteiger partial charge on any atom is -0.494 e. The number of hydrogen-bond acceptors (Lipinski definition) is 3. The van der Waals surface area contributed by atoms with Crippen molar-refractivity contribution in [3.8, 4) is 11.8 Å². The third-order valence-corrected chi connectivity index (χ3v) is 3.49. The number of benzene rings is 2. The van der Waals surface area contributed by atoms with Gasteiger partial charge in [-0.15, -0.1) is 24.0 Å². The van der Waals surface area contributed by atoms with E-state index in [-0.39, 0.29) is 24.0 Å². The Morgan fingerprint density at radius 1 is 1.08 bits per heavy atom. The van der Waals surface area contributed by atoms with Crippen LogP contribution >= 0.6 is 24.0 Å². The zero-order chi connectivity index (χ0) is 17.2.